The van der Waals surface area contributed by atoms with Crippen LogP contribution in [0.5, 0.6) is 5.75 Å². The van der Waals surface area contributed by atoms with E-state index in [2.05, 4.69) is 32.1 Å². The summed E-state index contributed by atoms with van der Waals surface area (Å²) in [5.41, 5.74) is 3.62. The van der Waals surface area contributed by atoms with Gasteiger partial charge in [0.1, 0.15) is 5.75 Å². The topological polar surface area (TPSA) is 79.4 Å². The van der Waals surface area contributed by atoms with Crippen molar-refractivity contribution in [2.45, 2.75) is 39.8 Å². The summed E-state index contributed by atoms with van der Waals surface area (Å²) in [6, 6.07) is 9.86. The third-order valence-electron chi connectivity index (χ3n) is 6.79. The van der Waals surface area contributed by atoms with Crippen LogP contribution in [0.3, 0.4) is 0 Å². The lowest BCUT2D eigenvalue weighted by Crippen LogP contribution is -2.34. The number of methoxy groups -OCH3 is 1. The maximum absolute atomic E-state index is 13.4. The molecule has 1 aliphatic heterocycles. The van der Waals surface area contributed by atoms with Crippen LogP contribution < -0.4 is 15.6 Å². The van der Waals surface area contributed by atoms with E-state index < -0.39 is 0 Å². The van der Waals surface area contributed by atoms with Crippen LogP contribution in [0.25, 0.3) is 10.9 Å². The minimum absolute atomic E-state index is 0.102. The number of nitrogens with one attached hydrogen (secondary N) is 2. The van der Waals surface area contributed by atoms with Crippen molar-refractivity contribution in [1.82, 2.24) is 19.8 Å². The second kappa shape index (κ2) is 10.7. The van der Waals surface area contributed by atoms with Gasteiger partial charge in [-0.2, -0.15) is 0 Å². The molecule has 34 heavy (non-hydrogen) atoms. The standard InChI is InChI=1S/C26H34N4O3S/c1-17-13-23(33-3)21(25(31)28-17)14-27-26(32)24-18(2)30(22-8-6-5-7-20(22)24)15-19-9-11-29(12-10-19)16-34-4/h5-8,13,19H,9-12,14-16H2,1-4H3,(H,27,32)(H,28,31). The summed E-state index contributed by atoms with van der Waals surface area (Å²) < 4.78 is 7.67. The van der Waals surface area contributed by atoms with Crippen LogP contribution in [0.4, 0.5) is 0 Å². The zero-order chi connectivity index (χ0) is 24.2. The number of piperidine rings is 1. The minimum Gasteiger partial charge on any atom is -0.496 e. The van der Waals surface area contributed by atoms with Crippen LogP contribution in [0.15, 0.2) is 35.1 Å². The van der Waals surface area contributed by atoms with E-state index in [1.807, 2.05) is 36.9 Å². The van der Waals surface area contributed by atoms with Crippen molar-refractivity contribution in [2.75, 3.05) is 32.3 Å². The van der Waals surface area contributed by atoms with Crippen LogP contribution >= 0.6 is 11.8 Å². The van der Waals surface area contributed by atoms with E-state index in [1.54, 1.807) is 13.0 Å². The Labute approximate surface area is 204 Å². The van der Waals surface area contributed by atoms with E-state index in [9.17, 15) is 9.59 Å². The summed E-state index contributed by atoms with van der Waals surface area (Å²) in [5, 5.41) is 3.91. The van der Waals surface area contributed by atoms with E-state index in [4.69, 9.17) is 4.74 Å². The van der Waals surface area contributed by atoms with Gasteiger partial charge in [0.05, 0.1) is 24.8 Å². The number of rotatable bonds is 8. The van der Waals surface area contributed by atoms with Crippen LogP contribution in [-0.4, -0.2) is 52.7 Å². The molecule has 1 aliphatic rings. The van der Waals surface area contributed by atoms with Crippen molar-refractivity contribution in [1.29, 1.82) is 0 Å². The molecule has 0 unspecified atom stereocenters. The van der Waals surface area contributed by atoms with Crippen LogP contribution in [0, 0.1) is 19.8 Å². The smallest absolute Gasteiger partial charge is 0.256 e. The maximum atomic E-state index is 13.4. The second-order valence-electron chi connectivity index (χ2n) is 9.08. The van der Waals surface area contributed by atoms with Gasteiger partial charge in [0.2, 0.25) is 0 Å². The van der Waals surface area contributed by atoms with Gasteiger partial charge in [0.25, 0.3) is 11.5 Å². The zero-order valence-corrected chi connectivity index (χ0v) is 21.3. The molecule has 0 spiro atoms. The molecule has 2 N–H and O–H groups in total. The molecule has 7 nitrogen and oxygen atoms in total. The molecule has 4 rings (SSSR count). The average Bonchev–Trinajstić information content (AvgIpc) is 3.10. The van der Waals surface area contributed by atoms with E-state index in [0.717, 1.165) is 47.8 Å². The average molecular weight is 483 g/mol. The van der Waals surface area contributed by atoms with Gasteiger partial charge in [-0.1, -0.05) is 18.2 Å². The van der Waals surface area contributed by atoms with Crippen molar-refractivity contribution in [2.24, 2.45) is 5.92 Å². The largest absolute Gasteiger partial charge is 0.496 e. The lowest BCUT2D eigenvalue weighted by atomic mass is 9.97. The first-order chi connectivity index (χ1) is 16.4. The fourth-order valence-electron chi connectivity index (χ4n) is 4.98. The molecule has 0 saturated carbocycles. The number of aromatic nitrogens is 2. The Morgan fingerprint density at radius 3 is 2.68 bits per heavy atom. The molecular weight excluding hydrogens is 448 g/mol. The Hall–Kier alpha value is -2.71. The van der Waals surface area contributed by atoms with E-state index in [-0.39, 0.29) is 18.0 Å². The fraction of sp³-hybridized carbons (Fsp3) is 0.462. The van der Waals surface area contributed by atoms with Gasteiger partial charge >= 0.3 is 0 Å². The third-order valence-corrected chi connectivity index (χ3v) is 7.42. The third kappa shape index (κ3) is 5.03. The monoisotopic (exact) mass is 482 g/mol. The summed E-state index contributed by atoms with van der Waals surface area (Å²) in [7, 11) is 1.53. The lowest BCUT2D eigenvalue weighted by molar-refractivity contribution is 0.0951. The van der Waals surface area contributed by atoms with Crippen molar-refractivity contribution in [3.05, 3.63) is 63.2 Å². The number of aromatic amines is 1. The molecule has 1 amide bonds. The van der Waals surface area contributed by atoms with Crippen molar-refractivity contribution in [3.8, 4) is 5.75 Å². The molecule has 1 aromatic carbocycles. The number of carbonyl (C=O) groups excluding carboxylic acids is 1. The molecule has 182 valence electrons. The molecule has 2 aromatic heterocycles. The van der Waals surface area contributed by atoms with Gasteiger partial charge in [-0.3, -0.25) is 14.5 Å². The van der Waals surface area contributed by atoms with Gasteiger partial charge in [-0.25, -0.2) is 0 Å². The number of H-pyrrole nitrogens is 1. The van der Waals surface area contributed by atoms with E-state index in [1.165, 1.54) is 20.0 Å². The van der Waals surface area contributed by atoms with Crippen LogP contribution in [-0.2, 0) is 13.1 Å². The molecule has 8 heteroatoms. The van der Waals surface area contributed by atoms with Gasteiger partial charge in [-0.15, -0.1) is 11.8 Å². The van der Waals surface area contributed by atoms with Crippen molar-refractivity contribution in [3.63, 3.8) is 0 Å². The number of fused-ring (bicyclic) bond motifs is 1. The highest BCUT2D eigenvalue weighted by molar-refractivity contribution is 7.98. The zero-order valence-electron chi connectivity index (χ0n) is 20.4. The second-order valence-corrected chi connectivity index (χ2v) is 9.91. The van der Waals surface area contributed by atoms with Gasteiger partial charge in [0, 0.05) is 34.7 Å². The van der Waals surface area contributed by atoms with Gasteiger partial charge in [-0.05, 0) is 64.1 Å². The molecule has 0 aliphatic carbocycles. The molecule has 0 radical (unpaired) electrons. The highest BCUT2D eigenvalue weighted by Gasteiger charge is 2.24. The maximum Gasteiger partial charge on any atom is 0.256 e. The predicted molar refractivity (Wildman–Crippen MR) is 139 cm³/mol. The number of thioether (sulfide) groups is 1. The van der Waals surface area contributed by atoms with Crippen molar-refractivity contribution < 1.29 is 9.53 Å². The molecule has 3 heterocycles. The number of nitrogens with zero attached hydrogens (tertiary/aromatic N) is 2. The number of amides is 1. The number of benzene rings is 1. The van der Waals surface area contributed by atoms with Crippen molar-refractivity contribution >= 4 is 28.6 Å². The highest BCUT2D eigenvalue weighted by atomic mass is 32.2. The van der Waals surface area contributed by atoms with Crippen LogP contribution in [0.1, 0.15) is 40.2 Å². The van der Waals surface area contributed by atoms with Gasteiger partial charge < -0.3 is 19.6 Å². The van der Waals surface area contributed by atoms with Crippen LogP contribution in [0.2, 0.25) is 0 Å². The number of aryl methyl sites for hydroxylation is 1. The normalized spacial score (nSPS) is 15.1. The number of pyridine rings is 1. The fourth-order valence-corrected chi connectivity index (χ4v) is 5.61. The lowest BCUT2D eigenvalue weighted by Gasteiger charge is -2.32. The van der Waals surface area contributed by atoms with E-state index in [0.29, 0.717) is 22.8 Å². The summed E-state index contributed by atoms with van der Waals surface area (Å²) in [6.45, 7) is 7.10. The molecule has 1 saturated heterocycles. The molecule has 3 aromatic rings. The summed E-state index contributed by atoms with van der Waals surface area (Å²) in [6.07, 6.45) is 4.49. The highest BCUT2D eigenvalue weighted by Crippen LogP contribution is 2.29. The summed E-state index contributed by atoms with van der Waals surface area (Å²) in [5.74, 6) is 1.99. The Morgan fingerprint density at radius 2 is 1.97 bits per heavy atom. The SMILES string of the molecule is COc1cc(C)[nH]c(=O)c1CNC(=O)c1c(C)n(CC2CCN(CSC)CC2)c2ccccc12. The number of likely N-dealkylation sites (tertiary alicyclic amines) is 1. The number of carbonyl (C=O) groups is 1. The number of ether oxygens (including phenoxy) is 1. The first-order valence-corrected chi connectivity index (χ1v) is 13.2. The molecule has 1 fully saturated rings. The van der Waals surface area contributed by atoms with E-state index >= 15 is 0 Å². The number of hydrogen-bond donors (Lipinski definition) is 2. The minimum atomic E-state index is -0.246. The van der Waals surface area contributed by atoms with Gasteiger partial charge in [0.15, 0.2) is 0 Å². The Balaban J connectivity index is 1.56. The number of para-hydroxylation sites is 1. The Morgan fingerprint density at radius 1 is 1.24 bits per heavy atom. The molecule has 0 atom stereocenters. The Bertz CT molecular complexity index is 1220. The molecule has 0 bridgehead atoms. The predicted octanol–water partition coefficient (Wildman–Crippen LogP) is 3.92. The first kappa shape index (κ1) is 24.4. The Kier molecular flexibility index (Phi) is 7.68. The number of hydrogen-bond acceptors (Lipinski definition) is 5. The molecular formula is C26H34N4O3S. The quantitative estimate of drug-likeness (QED) is 0.509. The summed E-state index contributed by atoms with van der Waals surface area (Å²) >= 11 is 1.88. The first-order valence-electron chi connectivity index (χ1n) is 11.8. The summed E-state index contributed by atoms with van der Waals surface area (Å²) in [4.78, 5) is 31.1.